The van der Waals surface area contributed by atoms with Crippen LogP contribution in [-0.4, -0.2) is 42.8 Å². The summed E-state index contributed by atoms with van der Waals surface area (Å²) in [5.74, 6) is 0.537. The molecule has 1 N–H and O–H groups in total. The first-order chi connectivity index (χ1) is 9.58. The van der Waals surface area contributed by atoms with E-state index in [0.29, 0.717) is 24.5 Å². The maximum Gasteiger partial charge on any atom is 0.320 e. The number of methoxy groups -OCH3 is 2. The number of carboxylic acids is 1. The molecule has 1 aromatic carbocycles. The average molecular weight is 381 g/mol. The first kappa shape index (κ1) is 18.1. The summed E-state index contributed by atoms with van der Waals surface area (Å²) in [5, 5.41) is 9.22. The zero-order valence-corrected chi connectivity index (χ0v) is 14.4. The summed E-state index contributed by atoms with van der Waals surface area (Å²) in [6, 6.07) is 3.38. The molecule has 7 heteroatoms. The van der Waals surface area contributed by atoms with Crippen LogP contribution in [0.5, 0.6) is 11.5 Å². The van der Waals surface area contributed by atoms with Gasteiger partial charge in [-0.1, -0.05) is 6.07 Å². The molecule has 1 aliphatic rings. The van der Waals surface area contributed by atoms with Crippen molar-refractivity contribution in [3.63, 3.8) is 0 Å². The van der Waals surface area contributed by atoms with E-state index in [2.05, 4.69) is 15.9 Å². The van der Waals surface area contributed by atoms with Gasteiger partial charge in [-0.3, -0.25) is 9.69 Å². The number of hydrogen-bond acceptors (Lipinski definition) is 4. The summed E-state index contributed by atoms with van der Waals surface area (Å²) < 4.78 is 11.4. The summed E-state index contributed by atoms with van der Waals surface area (Å²) in [6.07, 6.45) is 1.63. The van der Waals surface area contributed by atoms with E-state index >= 15 is 0 Å². The van der Waals surface area contributed by atoms with E-state index in [9.17, 15) is 9.90 Å². The van der Waals surface area contributed by atoms with Crippen LogP contribution >= 0.6 is 28.3 Å². The fraction of sp³-hybridized carbons (Fsp3) is 0.500. The summed E-state index contributed by atoms with van der Waals surface area (Å²) >= 11 is 3.52. The van der Waals surface area contributed by atoms with Crippen LogP contribution in [0.15, 0.2) is 16.6 Å². The topological polar surface area (TPSA) is 59.0 Å². The molecule has 0 spiro atoms. The molecule has 0 saturated carbocycles. The lowest BCUT2D eigenvalue weighted by Gasteiger charge is -2.22. The Kier molecular flexibility index (Phi) is 6.77. The number of halogens is 2. The van der Waals surface area contributed by atoms with Crippen molar-refractivity contribution in [2.45, 2.75) is 25.4 Å². The molecule has 0 aromatic heterocycles. The van der Waals surface area contributed by atoms with E-state index in [0.717, 1.165) is 23.0 Å². The predicted molar refractivity (Wildman–Crippen MR) is 85.6 cm³/mol. The van der Waals surface area contributed by atoms with E-state index in [-0.39, 0.29) is 12.4 Å². The third-order valence-electron chi connectivity index (χ3n) is 3.59. The minimum atomic E-state index is -0.751. The van der Waals surface area contributed by atoms with Crippen molar-refractivity contribution in [1.29, 1.82) is 0 Å². The van der Waals surface area contributed by atoms with Crippen molar-refractivity contribution in [3.05, 3.63) is 22.2 Å². The third-order valence-corrected chi connectivity index (χ3v) is 4.46. The number of aliphatic carboxylic acids is 1. The molecule has 1 heterocycles. The molecule has 1 fully saturated rings. The lowest BCUT2D eigenvalue weighted by atomic mass is 10.1. The van der Waals surface area contributed by atoms with Crippen LogP contribution in [0.1, 0.15) is 18.4 Å². The molecule has 1 unspecified atom stereocenters. The van der Waals surface area contributed by atoms with Crippen LogP contribution in [-0.2, 0) is 11.3 Å². The van der Waals surface area contributed by atoms with Gasteiger partial charge in [0.2, 0.25) is 0 Å². The number of carbonyl (C=O) groups is 1. The molecule has 2 rings (SSSR count). The Morgan fingerprint density at radius 3 is 2.71 bits per heavy atom. The minimum absolute atomic E-state index is 0. The Bertz CT molecular complexity index is 512. The van der Waals surface area contributed by atoms with Crippen LogP contribution in [0.2, 0.25) is 0 Å². The van der Waals surface area contributed by atoms with Crippen LogP contribution in [0.4, 0.5) is 0 Å². The van der Waals surface area contributed by atoms with E-state index in [1.807, 2.05) is 17.0 Å². The second kappa shape index (κ2) is 7.87. The largest absolute Gasteiger partial charge is 0.493 e. The fourth-order valence-corrected chi connectivity index (χ4v) is 3.18. The Balaban J connectivity index is 0.00000220. The maximum absolute atomic E-state index is 11.2. The van der Waals surface area contributed by atoms with Crippen molar-refractivity contribution >= 4 is 34.3 Å². The van der Waals surface area contributed by atoms with Gasteiger partial charge in [0, 0.05) is 6.54 Å². The number of nitrogens with zero attached hydrogens (tertiary/aromatic N) is 1. The van der Waals surface area contributed by atoms with Crippen molar-refractivity contribution in [2.75, 3.05) is 20.8 Å². The van der Waals surface area contributed by atoms with E-state index in [4.69, 9.17) is 9.47 Å². The second-order valence-corrected chi connectivity index (χ2v) is 5.53. The zero-order chi connectivity index (χ0) is 14.7. The summed E-state index contributed by atoms with van der Waals surface area (Å²) in [6.45, 7) is 1.38. The molecule has 1 saturated heterocycles. The normalized spacial score (nSPS) is 18.1. The number of likely N-dealkylation sites (tertiary alicyclic amines) is 1. The molecule has 0 bridgehead atoms. The number of hydrogen-bond donors (Lipinski definition) is 1. The van der Waals surface area contributed by atoms with Gasteiger partial charge in [0.05, 0.1) is 18.7 Å². The SMILES string of the molecule is COc1ccc(CN2CCCC2C(=O)O)c(Br)c1OC.Cl. The molecular weight excluding hydrogens is 362 g/mol. The first-order valence-corrected chi connectivity index (χ1v) is 7.24. The van der Waals surface area contributed by atoms with Gasteiger partial charge in [-0.05, 0) is 46.9 Å². The summed E-state index contributed by atoms with van der Waals surface area (Å²) in [4.78, 5) is 13.2. The highest BCUT2D eigenvalue weighted by Crippen LogP contribution is 2.38. The fourth-order valence-electron chi connectivity index (χ4n) is 2.57. The molecule has 118 valence electrons. The Morgan fingerprint density at radius 1 is 1.43 bits per heavy atom. The lowest BCUT2D eigenvalue weighted by Crippen LogP contribution is -2.35. The van der Waals surface area contributed by atoms with E-state index < -0.39 is 12.0 Å². The second-order valence-electron chi connectivity index (χ2n) is 4.74. The van der Waals surface area contributed by atoms with Gasteiger partial charge >= 0.3 is 5.97 Å². The monoisotopic (exact) mass is 379 g/mol. The van der Waals surface area contributed by atoms with Gasteiger partial charge in [-0.25, -0.2) is 0 Å². The standard InChI is InChI=1S/C14H18BrNO4.ClH/c1-19-11-6-5-9(12(15)13(11)20-2)8-16-7-3-4-10(16)14(17)18;/h5-6,10H,3-4,7-8H2,1-2H3,(H,17,18);1H. The highest BCUT2D eigenvalue weighted by molar-refractivity contribution is 9.10. The molecule has 0 amide bonds. The number of ether oxygens (including phenoxy) is 2. The van der Waals surface area contributed by atoms with Gasteiger partial charge in [0.15, 0.2) is 11.5 Å². The predicted octanol–water partition coefficient (Wildman–Crippen LogP) is 2.94. The van der Waals surface area contributed by atoms with Crippen LogP contribution in [0, 0.1) is 0 Å². The minimum Gasteiger partial charge on any atom is -0.493 e. The van der Waals surface area contributed by atoms with Crippen LogP contribution in [0.3, 0.4) is 0 Å². The number of carboxylic acid groups (broad SMARTS) is 1. The lowest BCUT2D eigenvalue weighted by molar-refractivity contribution is -0.142. The molecule has 1 aromatic rings. The van der Waals surface area contributed by atoms with Crippen molar-refractivity contribution in [3.8, 4) is 11.5 Å². The first-order valence-electron chi connectivity index (χ1n) is 6.44. The van der Waals surface area contributed by atoms with Gasteiger partial charge in [0.25, 0.3) is 0 Å². The highest BCUT2D eigenvalue weighted by Gasteiger charge is 2.31. The van der Waals surface area contributed by atoms with Crippen LogP contribution < -0.4 is 9.47 Å². The summed E-state index contributed by atoms with van der Waals surface area (Å²) in [5.41, 5.74) is 0.996. The highest BCUT2D eigenvalue weighted by atomic mass is 79.9. The van der Waals surface area contributed by atoms with E-state index in [1.165, 1.54) is 0 Å². The van der Waals surface area contributed by atoms with E-state index in [1.54, 1.807) is 14.2 Å². The molecule has 0 aliphatic carbocycles. The average Bonchev–Trinajstić information content (AvgIpc) is 2.89. The van der Waals surface area contributed by atoms with Gasteiger partial charge in [0.1, 0.15) is 6.04 Å². The quantitative estimate of drug-likeness (QED) is 0.851. The van der Waals surface area contributed by atoms with Crippen molar-refractivity contribution in [1.82, 2.24) is 4.90 Å². The molecule has 21 heavy (non-hydrogen) atoms. The smallest absolute Gasteiger partial charge is 0.320 e. The Morgan fingerprint density at radius 2 is 2.14 bits per heavy atom. The zero-order valence-electron chi connectivity index (χ0n) is 12.0. The number of rotatable bonds is 5. The van der Waals surface area contributed by atoms with Gasteiger partial charge < -0.3 is 14.6 Å². The molecule has 1 aliphatic heterocycles. The Hall–Kier alpha value is -0.980. The molecule has 1 atom stereocenters. The third kappa shape index (κ3) is 3.81. The maximum atomic E-state index is 11.2. The number of benzene rings is 1. The molecular formula is C14H19BrClNO4. The van der Waals surface area contributed by atoms with Gasteiger partial charge in [-0.15, -0.1) is 12.4 Å². The van der Waals surface area contributed by atoms with Gasteiger partial charge in [-0.2, -0.15) is 0 Å². The summed E-state index contributed by atoms with van der Waals surface area (Å²) in [7, 11) is 3.17. The molecule has 0 radical (unpaired) electrons. The van der Waals surface area contributed by atoms with Crippen LogP contribution in [0.25, 0.3) is 0 Å². The Labute approximate surface area is 138 Å². The molecule has 5 nitrogen and oxygen atoms in total. The van der Waals surface area contributed by atoms with Crippen molar-refractivity contribution < 1.29 is 19.4 Å². The van der Waals surface area contributed by atoms with Crippen molar-refractivity contribution in [2.24, 2.45) is 0 Å².